The molecular weight excluding hydrogens is 306 g/mol. The SMILES string of the molecule is COc1ccc2c(C3C(C#N)=C(C)NC(C)=C3C#N)csc2c1. The minimum Gasteiger partial charge on any atom is -0.497 e. The number of methoxy groups -OCH3 is 1. The molecule has 2 aromatic rings. The molecule has 0 fully saturated rings. The first-order valence-electron chi connectivity index (χ1n) is 7.14. The van der Waals surface area contributed by atoms with E-state index in [0.717, 1.165) is 32.8 Å². The summed E-state index contributed by atoms with van der Waals surface area (Å²) in [6, 6.07) is 10.4. The molecule has 1 aromatic heterocycles. The maximum atomic E-state index is 9.59. The van der Waals surface area contributed by atoms with E-state index in [1.165, 1.54) is 0 Å². The Morgan fingerprint density at radius 2 is 1.78 bits per heavy atom. The van der Waals surface area contributed by atoms with Gasteiger partial charge in [0.05, 0.1) is 36.3 Å². The first kappa shape index (κ1) is 15.1. The molecule has 1 aliphatic heterocycles. The fourth-order valence-electron chi connectivity index (χ4n) is 2.98. The van der Waals surface area contributed by atoms with Crippen molar-refractivity contribution in [1.29, 1.82) is 10.5 Å². The van der Waals surface area contributed by atoms with Crippen molar-refractivity contribution >= 4 is 21.4 Å². The van der Waals surface area contributed by atoms with E-state index in [9.17, 15) is 10.5 Å². The average Bonchev–Trinajstić information content (AvgIpc) is 2.96. The molecule has 1 N–H and O–H groups in total. The number of nitrogens with one attached hydrogen (secondary N) is 1. The van der Waals surface area contributed by atoms with E-state index in [4.69, 9.17) is 4.74 Å². The summed E-state index contributed by atoms with van der Waals surface area (Å²) in [5, 5.41) is 25.4. The van der Waals surface area contributed by atoms with Crippen LogP contribution in [0.5, 0.6) is 5.75 Å². The number of thiophene rings is 1. The molecule has 0 aliphatic carbocycles. The van der Waals surface area contributed by atoms with Crippen molar-refractivity contribution in [1.82, 2.24) is 5.32 Å². The van der Waals surface area contributed by atoms with Gasteiger partial charge in [-0.15, -0.1) is 11.3 Å². The first-order chi connectivity index (χ1) is 11.1. The Hall–Kier alpha value is -2.76. The number of ether oxygens (including phenoxy) is 1. The molecule has 0 bridgehead atoms. The van der Waals surface area contributed by atoms with Crippen LogP contribution in [0.4, 0.5) is 0 Å². The molecule has 0 amide bonds. The molecule has 114 valence electrons. The zero-order chi connectivity index (χ0) is 16.6. The molecule has 23 heavy (non-hydrogen) atoms. The van der Waals surface area contributed by atoms with Gasteiger partial charge in [0.2, 0.25) is 0 Å². The second-order valence-corrected chi connectivity index (χ2v) is 6.32. The van der Waals surface area contributed by atoms with Gasteiger partial charge in [-0.1, -0.05) is 0 Å². The van der Waals surface area contributed by atoms with Crippen molar-refractivity contribution in [3.8, 4) is 17.9 Å². The zero-order valence-corrected chi connectivity index (χ0v) is 13.9. The number of fused-ring (bicyclic) bond motifs is 1. The molecular formula is C18H15N3OS. The lowest BCUT2D eigenvalue weighted by Gasteiger charge is -2.25. The summed E-state index contributed by atoms with van der Waals surface area (Å²) >= 11 is 1.60. The van der Waals surface area contributed by atoms with Gasteiger partial charge in [0.1, 0.15) is 5.75 Å². The van der Waals surface area contributed by atoms with Crippen LogP contribution < -0.4 is 10.1 Å². The third-order valence-electron chi connectivity index (χ3n) is 4.12. The smallest absolute Gasteiger partial charge is 0.120 e. The van der Waals surface area contributed by atoms with Crippen LogP contribution in [0.1, 0.15) is 25.3 Å². The molecule has 1 aromatic carbocycles. The molecule has 0 unspecified atom stereocenters. The van der Waals surface area contributed by atoms with Crippen molar-refractivity contribution in [3.63, 3.8) is 0 Å². The van der Waals surface area contributed by atoms with E-state index in [-0.39, 0.29) is 5.92 Å². The molecule has 0 spiro atoms. The van der Waals surface area contributed by atoms with Crippen LogP contribution >= 0.6 is 11.3 Å². The Morgan fingerprint density at radius 3 is 2.35 bits per heavy atom. The highest BCUT2D eigenvalue weighted by Crippen LogP contribution is 2.43. The fraction of sp³-hybridized carbons (Fsp3) is 0.222. The van der Waals surface area contributed by atoms with Gasteiger partial charge in [0, 0.05) is 16.1 Å². The summed E-state index contributed by atoms with van der Waals surface area (Å²) in [7, 11) is 1.64. The number of benzene rings is 1. The molecule has 0 radical (unpaired) electrons. The Balaban J connectivity index is 2.24. The molecule has 1 aliphatic rings. The number of nitrogens with zero attached hydrogens (tertiary/aromatic N) is 2. The maximum Gasteiger partial charge on any atom is 0.120 e. The van der Waals surface area contributed by atoms with Gasteiger partial charge in [0.25, 0.3) is 0 Å². The van der Waals surface area contributed by atoms with Gasteiger partial charge in [-0.2, -0.15) is 10.5 Å². The van der Waals surface area contributed by atoms with Gasteiger partial charge < -0.3 is 10.1 Å². The van der Waals surface area contributed by atoms with Crippen LogP contribution in [0.3, 0.4) is 0 Å². The highest BCUT2D eigenvalue weighted by Gasteiger charge is 2.31. The highest BCUT2D eigenvalue weighted by atomic mass is 32.1. The topological polar surface area (TPSA) is 68.8 Å². The lowest BCUT2D eigenvalue weighted by atomic mass is 9.81. The van der Waals surface area contributed by atoms with Gasteiger partial charge in [-0.25, -0.2) is 0 Å². The van der Waals surface area contributed by atoms with E-state index in [1.54, 1.807) is 18.4 Å². The zero-order valence-electron chi connectivity index (χ0n) is 13.1. The van der Waals surface area contributed by atoms with Gasteiger partial charge in [-0.3, -0.25) is 0 Å². The van der Waals surface area contributed by atoms with E-state index in [1.807, 2.05) is 37.4 Å². The van der Waals surface area contributed by atoms with Crippen molar-refractivity contribution in [2.75, 3.05) is 7.11 Å². The van der Waals surface area contributed by atoms with E-state index in [2.05, 4.69) is 17.5 Å². The number of hydrogen-bond acceptors (Lipinski definition) is 5. The monoisotopic (exact) mass is 321 g/mol. The summed E-state index contributed by atoms with van der Waals surface area (Å²) < 4.78 is 6.35. The molecule has 0 atom stereocenters. The number of dihydropyridines is 1. The minimum atomic E-state index is -0.312. The molecule has 2 heterocycles. The number of nitriles is 2. The third kappa shape index (κ3) is 2.36. The minimum absolute atomic E-state index is 0.312. The molecule has 4 nitrogen and oxygen atoms in total. The summed E-state index contributed by atoms with van der Waals surface area (Å²) in [4.78, 5) is 0. The Morgan fingerprint density at radius 1 is 1.13 bits per heavy atom. The van der Waals surface area contributed by atoms with Gasteiger partial charge >= 0.3 is 0 Å². The summed E-state index contributed by atoms with van der Waals surface area (Å²) in [6.45, 7) is 3.75. The van der Waals surface area contributed by atoms with Gasteiger partial charge in [0.15, 0.2) is 0 Å². The number of rotatable bonds is 2. The fourth-order valence-corrected chi connectivity index (χ4v) is 3.99. The molecule has 0 saturated carbocycles. The lowest BCUT2D eigenvalue weighted by Crippen LogP contribution is -2.23. The van der Waals surface area contributed by atoms with Crippen LogP contribution in [0, 0.1) is 22.7 Å². The van der Waals surface area contributed by atoms with E-state index < -0.39 is 0 Å². The van der Waals surface area contributed by atoms with E-state index >= 15 is 0 Å². The quantitative estimate of drug-likeness (QED) is 0.900. The lowest BCUT2D eigenvalue weighted by molar-refractivity contribution is 0.415. The largest absolute Gasteiger partial charge is 0.497 e. The Kier molecular flexibility index (Phi) is 3.82. The van der Waals surface area contributed by atoms with Crippen LogP contribution in [0.2, 0.25) is 0 Å². The second-order valence-electron chi connectivity index (χ2n) is 5.41. The van der Waals surface area contributed by atoms with Crippen molar-refractivity contribution < 1.29 is 4.74 Å². The van der Waals surface area contributed by atoms with E-state index in [0.29, 0.717) is 11.1 Å². The predicted molar refractivity (Wildman–Crippen MR) is 90.9 cm³/mol. The van der Waals surface area contributed by atoms with Crippen LogP contribution in [0.15, 0.2) is 46.1 Å². The van der Waals surface area contributed by atoms with Gasteiger partial charge in [-0.05, 0) is 48.4 Å². The molecule has 0 saturated heterocycles. The van der Waals surface area contributed by atoms with Crippen molar-refractivity contribution in [3.05, 3.63) is 51.7 Å². The standard InChI is InChI=1S/C18H15N3OS/c1-10-14(7-19)18(15(8-20)11(2)21-10)16-9-23-17-6-12(22-3)4-5-13(16)17/h4-6,9,18,21H,1-3H3. The third-order valence-corrected chi connectivity index (χ3v) is 5.09. The van der Waals surface area contributed by atoms with Crippen LogP contribution in [-0.4, -0.2) is 7.11 Å². The number of allylic oxidation sites excluding steroid dienone is 4. The summed E-state index contributed by atoms with van der Waals surface area (Å²) in [6.07, 6.45) is 0. The number of hydrogen-bond donors (Lipinski definition) is 1. The predicted octanol–water partition coefficient (Wildman–Crippen LogP) is 4.19. The van der Waals surface area contributed by atoms with Crippen molar-refractivity contribution in [2.45, 2.75) is 19.8 Å². The second kappa shape index (κ2) is 5.79. The Bertz CT molecular complexity index is 901. The first-order valence-corrected chi connectivity index (χ1v) is 8.02. The summed E-state index contributed by atoms with van der Waals surface area (Å²) in [5.74, 6) is 0.490. The summed E-state index contributed by atoms with van der Waals surface area (Å²) in [5.41, 5.74) is 3.81. The highest BCUT2D eigenvalue weighted by molar-refractivity contribution is 7.17. The van der Waals surface area contributed by atoms with Crippen LogP contribution in [-0.2, 0) is 0 Å². The normalized spacial score (nSPS) is 15.3. The maximum absolute atomic E-state index is 9.59. The van der Waals surface area contributed by atoms with Crippen molar-refractivity contribution in [2.24, 2.45) is 0 Å². The molecule has 5 heteroatoms. The average molecular weight is 321 g/mol. The van der Waals surface area contributed by atoms with Crippen LogP contribution in [0.25, 0.3) is 10.1 Å². The molecule has 3 rings (SSSR count). The Labute approximate surface area is 138 Å².